The Morgan fingerprint density at radius 2 is 1.75 bits per heavy atom. The third-order valence-electron chi connectivity index (χ3n) is 4.30. The second-order valence-corrected chi connectivity index (χ2v) is 6.26. The third-order valence-corrected chi connectivity index (χ3v) is 4.30. The SMILES string of the molecule is Cc1ccc(-n2cc(C(=O)c3ccccc3)c(-c3ccc([N+](=O)[O-])o3)n2)cc1. The molecule has 0 saturated heterocycles. The van der Waals surface area contributed by atoms with Gasteiger partial charge in [0.2, 0.25) is 0 Å². The van der Waals surface area contributed by atoms with Crippen LogP contribution in [0.1, 0.15) is 21.5 Å². The van der Waals surface area contributed by atoms with Gasteiger partial charge < -0.3 is 4.42 Å². The Balaban J connectivity index is 1.85. The fourth-order valence-electron chi connectivity index (χ4n) is 2.85. The quantitative estimate of drug-likeness (QED) is 0.290. The van der Waals surface area contributed by atoms with Crippen LogP contribution < -0.4 is 0 Å². The van der Waals surface area contributed by atoms with Crippen LogP contribution in [0.2, 0.25) is 0 Å². The van der Waals surface area contributed by atoms with Crippen molar-refractivity contribution in [1.29, 1.82) is 0 Å². The molecule has 0 fully saturated rings. The highest BCUT2D eigenvalue weighted by molar-refractivity contribution is 6.12. The molecule has 7 heteroatoms. The molecule has 0 aliphatic carbocycles. The van der Waals surface area contributed by atoms with Gasteiger partial charge in [-0.25, -0.2) is 4.68 Å². The summed E-state index contributed by atoms with van der Waals surface area (Å²) in [6, 6.07) is 19.1. The largest absolute Gasteiger partial charge is 0.433 e. The Hall–Kier alpha value is -4.00. The third kappa shape index (κ3) is 3.21. The van der Waals surface area contributed by atoms with Crippen LogP contribution in [0.4, 0.5) is 5.88 Å². The lowest BCUT2D eigenvalue weighted by atomic mass is 10.0. The lowest BCUT2D eigenvalue weighted by molar-refractivity contribution is -0.401. The molecule has 0 aliphatic rings. The second kappa shape index (κ2) is 6.96. The van der Waals surface area contributed by atoms with Gasteiger partial charge in [-0.15, -0.1) is 0 Å². The minimum atomic E-state index is -0.626. The van der Waals surface area contributed by atoms with Crippen molar-refractivity contribution in [3.05, 3.63) is 99.7 Å². The number of rotatable bonds is 5. The van der Waals surface area contributed by atoms with E-state index in [0.29, 0.717) is 11.1 Å². The normalized spacial score (nSPS) is 10.8. The Kier molecular flexibility index (Phi) is 4.33. The van der Waals surface area contributed by atoms with Gasteiger partial charge in [-0.3, -0.25) is 14.9 Å². The predicted octanol–water partition coefficient (Wildman–Crippen LogP) is 4.58. The molecule has 0 atom stereocenters. The zero-order valence-corrected chi connectivity index (χ0v) is 14.9. The summed E-state index contributed by atoms with van der Waals surface area (Å²) in [6.07, 6.45) is 1.61. The van der Waals surface area contributed by atoms with Crippen molar-refractivity contribution in [3.8, 4) is 17.1 Å². The van der Waals surface area contributed by atoms with E-state index in [-0.39, 0.29) is 17.2 Å². The van der Waals surface area contributed by atoms with Gasteiger partial charge in [-0.2, -0.15) is 5.10 Å². The molecule has 28 heavy (non-hydrogen) atoms. The molecule has 0 bridgehead atoms. The minimum Gasteiger partial charge on any atom is -0.399 e. The molecular weight excluding hydrogens is 358 g/mol. The van der Waals surface area contributed by atoms with Crippen molar-refractivity contribution >= 4 is 11.7 Å². The smallest absolute Gasteiger partial charge is 0.399 e. The molecular formula is C21H15N3O4. The molecule has 2 aromatic heterocycles. The molecule has 0 spiro atoms. The van der Waals surface area contributed by atoms with Gasteiger partial charge in [-0.1, -0.05) is 48.0 Å². The van der Waals surface area contributed by atoms with Crippen LogP contribution in [0.5, 0.6) is 0 Å². The average molecular weight is 373 g/mol. The van der Waals surface area contributed by atoms with E-state index in [2.05, 4.69) is 5.10 Å². The van der Waals surface area contributed by atoms with Crippen LogP contribution in [0, 0.1) is 17.0 Å². The molecule has 0 unspecified atom stereocenters. The lowest BCUT2D eigenvalue weighted by Crippen LogP contribution is -2.01. The van der Waals surface area contributed by atoms with Gasteiger partial charge in [0, 0.05) is 11.8 Å². The predicted molar refractivity (Wildman–Crippen MR) is 103 cm³/mol. The van der Waals surface area contributed by atoms with E-state index in [1.807, 2.05) is 37.3 Å². The Morgan fingerprint density at radius 1 is 1.04 bits per heavy atom. The standard InChI is InChI=1S/C21H15N3O4/c1-14-7-9-16(10-8-14)23-13-17(21(25)15-5-3-2-4-6-15)20(22-23)18-11-12-19(28-18)24(26)27/h2-13H,1H3. The van der Waals surface area contributed by atoms with E-state index in [9.17, 15) is 14.9 Å². The number of aromatic nitrogens is 2. The summed E-state index contributed by atoms with van der Waals surface area (Å²) < 4.78 is 6.87. The van der Waals surface area contributed by atoms with Gasteiger partial charge in [0.25, 0.3) is 0 Å². The van der Waals surface area contributed by atoms with E-state index < -0.39 is 10.8 Å². The Labute approximate surface area is 160 Å². The topological polar surface area (TPSA) is 91.2 Å². The molecule has 0 saturated carbocycles. The first-order valence-corrected chi connectivity index (χ1v) is 8.54. The maximum absolute atomic E-state index is 13.1. The van der Waals surface area contributed by atoms with Crippen LogP contribution >= 0.6 is 0 Å². The van der Waals surface area contributed by atoms with Crippen molar-refractivity contribution < 1.29 is 14.1 Å². The Bertz CT molecular complexity index is 1160. The van der Waals surface area contributed by atoms with Crippen molar-refractivity contribution in [2.45, 2.75) is 6.92 Å². The van der Waals surface area contributed by atoms with Gasteiger partial charge >= 0.3 is 5.88 Å². The molecule has 0 N–H and O–H groups in total. The molecule has 2 aromatic carbocycles. The maximum Gasteiger partial charge on any atom is 0.433 e. The number of nitrogens with zero attached hydrogens (tertiary/aromatic N) is 3. The van der Waals surface area contributed by atoms with Gasteiger partial charge in [0.05, 0.1) is 17.3 Å². The summed E-state index contributed by atoms with van der Waals surface area (Å²) in [6.45, 7) is 1.98. The highest BCUT2D eigenvalue weighted by Crippen LogP contribution is 2.30. The number of carbonyl (C=O) groups is 1. The molecule has 138 valence electrons. The van der Waals surface area contributed by atoms with Crippen LogP contribution in [0.3, 0.4) is 0 Å². The molecule has 0 radical (unpaired) electrons. The monoisotopic (exact) mass is 373 g/mol. The highest BCUT2D eigenvalue weighted by atomic mass is 16.6. The van der Waals surface area contributed by atoms with Crippen LogP contribution in [-0.4, -0.2) is 20.5 Å². The number of hydrogen-bond donors (Lipinski definition) is 0. The average Bonchev–Trinajstić information content (AvgIpc) is 3.36. The van der Waals surface area contributed by atoms with Gasteiger partial charge in [0.1, 0.15) is 10.6 Å². The molecule has 0 aliphatic heterocycles. The number of benzene rings is 2. The lowest BCUT2D eigenvalue weighted by Gasteiger charge is -2.01. The Morgan fingerprint density at radius 3 is 2.39 bits per heavy atom. The van der Waals surface area contributed by atoms with E-state index in [0.717, 1.165) is 11.3 Å². The summed E-state index contributed by atoms with van der Waals surface area (Å²) in [4.78, 5) is 23.4. The summed E-state index contributed by atoms with van der Waals surface area (Å²) in [5.41, 5.74) is 2.91. The first-order valence-electron chi connectivity index (χ1n) is 8.54. The number of furan rings is 1. The van der Waals surface area contributed by atoms with Gasteiger partial charge in [-0.05, 0) is 25.1 Å². The maximum atomic E-state index is 13.1. The van der Waals surface area contributed by atoms with E-state index >= 15 is 0 Å². The summed E-state index contributed by atoms with van der Waals surface area (Å²) >= 11 is 0. The van der Waals surface area contributed by atoms with E-state index in [1.54, 1.807) is 35.1 Å². The zero-order chi connectivity index (χ0) is 19.7. The molecule has 4 aromatic rings. The number of nitro groups is 1. The van der Waals surface area contributed by atoms with Gasteiger partial charge in [0.15, 0.2) is 11.5 Å². The van der Waals surface area contributed by atoms with Crippen LogP contribution in [0.25, 0.3) is 17.1 Å². The van der Waals surface area contributed by atoms with Crippen molar-refractivity contribution in [2.24, 2.45) is 0 Å². The zero-order valence-electron chi connectivity index (χ0n) is 14.9. The molecule has 7 nitrogen and oxygen atoms in total. The molecule has 4 rings (SSSR count). The first-order chi connectivity index (χ1) is 13.5. The van der Waals surface area contributed by atoms with Crippen LogP contribution in [-0.2, 0) is 0 Å². The number of hydrogen-bond acceptors (Lipinski definition) is 5. The minimum absolute atomic E-state index is 0.164. The van der Waals surface area contributed by atoms with Crippen molar-refractivity contribution in [3.63, 3.8) is 0 Å². The van der Waals surface area contributed by atoms with Crippen LogP contribution in [0.15, 0.2) is 77.3 Å². The number of aryl methyl sites for hydroxylation is 1. The fourth-order valence-corrected chi connectivity index (χ4v) is 2.85. The summed E-state index contributed by atoms with van der Waals surface area (Å²) in [5.74, 6) is -0.483. The summed E-state index contributed by atoms with van der Waals surface area (Å²) in [5, 5.41) is 15.4. The van der Waals surface area contributed by atoms with Crippen molar-refractivity contribution in [1.82, 2.24) is 9.78 Å². The number of carbonyl (C=O) groups excluding carboxylic acids is 1. The highest BCUT2D eigenvalue weighted by Gasteiger charge is 2.24. The summed E-state index contributed by atoms with van der Waals surface area (Å²) in [7, 11) is 0. The second-order valence-electron chi connectivity index (χ2n) is 6.26. The first kappa shape index (κ1) is 17.4. The van der Waals surface area contributed by atoms with Crippen molar-refractivity contribution in [2.75, 3.05) is 0 Å². The van der Waals surface area contributed by atoms with E-state index in [4.69, 9.17) is 4.42 Å². The molecule has 2 heterocycles. The van der Waals surface area contributed by atoms with E-state index in [1.165, 1.54) is 12.1 Å². The molecule has 0 amide bonds. The fraction of sp³-hybridized carbons (Fsp3) is 0.0476. The number of ketones is 1.